The van der Waals surface area contributed by atoms with Crippen LogP contribution in [0.4, 0.5) is 30.7 Å². The number of hydrogen-bond donors (Lipinski definition) is 1. The molecule has 1 aliphatic heterocycles. The lowest BCUT2D eigenvalue weighted by Crippen LogP contribution is -2.50. The van der Waals surface area contributed by atoms with Gasteiger partial charge in [0, 0.05) is 31.0 Å². The van der Waals surface area contributed by atoms with Gasteiger partial charge in [-0.15, -0.1) is 0 Å². The Morgan fingerprint density at radius 2 is 1.47 bits per heavy atom. The summed E-state index contributed by atoms with van der Waals surface area (Å²) in [5.74, 6) is -1.72. The van der Waals surface area contributed by atoms with Crippen LogP contribution in [0.1, 0.15) is 62.6 Å². The molecule has 7 nitrogen and oxygen atoms in total. The number of amides is 1. The number of sulfone groups is 1. The molecule has 1 unspecified atom stereocenters. The first-order chi connectivity index (χ1) is 21.6. The summed E-state index contributed by atoms with van der Waals surface area (Å²) in [6, 6.07) is 7.63. The lowest BCUT2D eigenvalue weighted by atomic mass is 9.81. The van der Waals surface area contributed by atoms with Crippen LogP contribution in [0, 0.1) is 11.8 Å². The van der Waals surface area contributed by atoms with Crippen molar-refractivity contribution in [3.8, 4) is 0 Å². The van der Waals surface area contributed by atoms with Gasteiger partial charge in [0.25, 0.3) is 0 Å². The Kier molecular flexibility index (Phi) is 9.88. The van der Waals surface area contributed by atoms with Gasteiger partial charge in [-0.05, 0) is 69.2 Å². The van der Waals surface area contributed by atoms with Crippen LogP contribution in [0.3, 0.4) is 0 Å². The van der Waals surface area contributed by atoms with Gasteiger partial charge in [0.15, 0.2) is 9.84 Å². The van der Waals surface area contributed by atoms with Crippen LogP contribution < -0.4 is 0 Å². The van der Waals surface area contributed by atoms with Crippen molar-refractivity contribution in [3.05, 3.63) is 65.2 Å². The third kappa shape index (κ3) is 6.87. The van der Waals surface area contributed by atoms with Crippen molar-refractivity contribution in [2.75, 3.05) is 20.2 Å². The summed E-state index contributed by atoms with van der Waals surface area (Å²) < 4.78 is 127. The first kappa shape index (κ1) is 36.6. The number of nitrogens with zero attached hydrogens (tertiary/aromatic N) is 1. The summed E-state index contributed by atoms with van der Waals surface area (Å²) in [6.45, 7) is 2.46. The third-order valence-corrected chi connectivity index (χ3v) is 11.6. The molecule has 4 rings (SSSR count). The highest BCUT2D eigenvalue weighted by molar-refractivity contribution is 7.92. The molecule has 2 fully saturated rings. The fourth-order valence-electron chi connectivity index (χ4n) is 6.62. The average Bonchev–Trinajstić information content (AvgIpc) is 3.46. The van der Waals surface area contributed by atoms with Crippen molar-refractivity contribution in [1.82, 2.24) is 4.90 Å². The van der Waals surface area contributed by atoms with Crippen LogP contribution >= 0.6 is 0 Å². The number of methoxy groups -OCH3 is 1. The predicted octanol–water partition coefficient (Wildman–Crippen LogP) is 6.17. The maximum absolute atomic E-state index is 14.8. The van der Waals surface area contributed by atoms with Crippen molar-refractivity contribution in [1.29, 1.82) is 0 Å². The molecule has 0 bridgehead atoms. The van der Waals surface area contributed by atoms with Crippen LogP contribution in [0.15, 0.2) is 53.4 Å². The number of rotatable bonds is 8. The Morgan fingerprint density at radius 3 is 1.98 bits per heavy atom. The number of halogens is 7. The molecule has 1 atom stereocenters. The molecular formula is C32H36F7NO6S. The standard InChI is InChI=1S/C32H36F7NO6S/c1-28(2,43)18-20-5-4-6-25(17-20)47(44,45)29(23-11-13-24(14-12-23)30(33,31(34,35)36)32(37,38)39)15-16-40(19-29)26(41)21-7-9-22(10-8-21)27(42)46-3/h4-6,11-14,17,21-22,43H,7-10,15-16,18-19H2,1-3H3/t21-,22-,29?. The zero-order chi connectivity index (χ0) is 35.2. The van der Waals surface area contributed by atoms with Crippen LogP contribution in [0.25, 0.3) is 0 Å². The number of carbonyl (C=O) groups excluding carboxylic acids is 2. The largest absolute Gasteiger partial charge is 0.469 e. The van der Waals surface area contributed by atoms with Crippen molar-refractivity contribution in [3.63, 3.8) is 0 Å². The number of carbonyl (C=O) groups is 2. The number of ether oxygens (including phenoxy) is 1. The zero-order valence-corrected chi connectivity index (χ0v) is 26.7. The molecule has 0 radical (unpaired) electrons. The maximum Gasteiger partial charge on any atom is 0.435 e. The molecule has 1 saturated carbocycles. The minimum Gasteiger partial charge on any atom is -0.469 e. The third-order valence-electron chi connectivity index (χ3n) is 9.10. The van der Waals surface area contributed by atoms with E-state index in [4.69, 9.17) is 4.74 Å². The van der Waals surface area contributed by atoms with Gasteiger partial charge < -0.3 is 14.7 Å². The average molecular weight is 696 g/mol. The van der Waals surface area contributed by atoms with E-state index < -0.39 is 68.1 Å². The molecule has 1 N–H and O–H groups in total. The Labute approximate surface area is 268 Å². The van der Waals surface area contributed by atoms with E-state index in [-0.39, 0.29) is 47.9 Å². The molecule has 1 heterocycles. The van der Waals surface area contributed by atoms with Gasteiger partial charge in [0.05, 0.1) is 23.5 Å². The van der Waals surface area contributed by atoms with E-state index in [1.165, 1.54) is 44.1 Å². The lowest BCUT2D eigenvalue weighted by Gasteiger charge is -2.33. The number of likely N-dealkylation sites (tertiary alicyclic amines) is 1. The Hall–Kier alpha value is -3.20. The van der Waals surface area contributed by atoms with Gasteiger partial charge in [-0.1, -0.05) is 36.4 Å². The highest BCUT2D eigenvalue weighted by Crippen LogP contribution is 2.54. The van der Waals surface area contributed by atoms with Crippen molar-refractivity contribution >= 4 is 21.7 Å². The Morgan fingerprint density at radius 1 is 0.915 bits per heavy atom. The molecule has 0 spiro atoms. The van der Waals surface area contributed by atoms with E-state index in [0.717, 1.165) is 12.1 Å². The zero-order valence-electron chi connectivity index (χ0n) is 25.9. The van der Waals surface area contributed by atoms with Gasteiger partial charge in [-0.2, -0.15) is 26.3 Å². The van der Waals surface area contributed by atoms with E-state index in [1.807, 2.05) is 0 Å². The van der Waals surface area contributed by atoms with Crippen LogP contribution in [-0.2, 0) is 41.0 Å². The Balaban J connectivity index is 1.76. The topological polar surface area (TPSA) is 101 Å². The monoisotopic (exact) mass is 695 g/mol. The summed E-state index contributed by atoms with van der Waals surface area (Å²) in [4.78, 5) is 26.6. The normalized spacial score (nSPS) is 23.1. The van der Waals surface area contributed by atoms with Gasteiger partial charge in [0.2, 0.25) is 5.91 Å². The second kappa shape index (κ2) is 12.7. The number of aliphatic hydroxyl groups is 1. The van der Waals surface area contributed by atoms with Crippen molar-refractivity contribution in [2.45, 2.75) is 85.6 Å². The van der Waals surface area contributed by atoms with E-state index in [0.29, 0.717) is 31.2 Å². The molecular weight excluding hydrogens is 659 g/mol. The molecule has 260 valence electrons. The first-order valence-electron chi connectivity index (χ1n) is 14.9. The number of esters is 1. The second-order valence-corrected chi connectivity index (χ2v) is 15.2. The molecule has 1 aliphatic carbocycles. The smallest absolute Gasteiger partial charge is 0.435 e. The molecule has 47 heavy (non-hydrogen) atoms. The van der Waals surface area contributed by atoms with Gasteiger partial charge in [-0.25, -0.2) is 12.8 Å². The Bertz CT molecular complexity index is 1560. The number of alkyl halides is 7. The van der Waals surface area contributed by atoms with Gasteiger partial charge >= 0.3 is 24.0 Å². The fourth-order valence-corrected chi connectivity index (χ4v) is 8.77. The van der Waals surface area contributed by atoms with E-state index in [2.05, 4.69) is 0 Å². The van der Waals surface area contributed by atoms with Crippen molar-refractivity contribution < 1.29 is 58.6 Å². The van der Waals surface area contributed by atoms with Crippen LogP contribution in [0.2, 0.25) is 0 Å². The maximum atomic E-state index is 14.8. The van der Waals surface area contributed by atoms with Gasteiger partial charge in [-0.3, -0.25) is 9.59 Å². The summed E-state index contributed by atoms with van der Waals surface area (Å²) >= 11 is 0. The highest BCUT2D eigenvalue weighted by atomic mass is 32.2. The molecule has 1 amide bonds. The molecule has 0 aromatic heterocycles. The van der Waals surface area contributed by atoms with E-state index in [1.54, 1.807) is 6.07 Å². The minimum atomic E-state index is -6.36. The SMILES string of the molecule is COC(=O)[C@H]1CC[C@H](C(=O)N2CCC(c3ccc(C(F)(C(F)(F)F)C(F)(F)F)cc3)(S(=O)(=O)c3cccc(CC(C)(C)O)c3)C2)CC1. The summed E-state index contributed by atoms with van der Waals surface area (Å²) in [6.07, 6.45) is -11.5. The summed E-state index contributed by atoms with van der Waals surface area (Å²) in [7, 11) is -3.27. The molecule has 15 heteroatoms. The number of benzene rings is 2. The van der Waals surface area contributed by atoms with E-state index >= 15 is 0 Å². The molecule has 1 saturated heterocycles. The highest BCUT2D eigenvalue weighted by Gasteiger charge is 2.73. The molecule has 2 aromatic carbocycles. The van der Waals surface area contributed by atoms with Gasteiger partial charge in [0.1, 0.15) is 4.75 Å². The molecule has 2 aliphatic rings. The predicted molar refractivity (Wildman–Crippen MR) is 155 cm³/mol. The summed E-state index contributed by atoms with van der Waals surface area (Å²) in [5.41, 5.74) is -8.47. The fraction of sp³-hybridized carbons (Fsp3) is 0.562. The quantitative estimate of drug-likeness (QED) is 0.262. The van der Waals surface area contributed by atoms with Crippen LogP contribution in [0.5, 0.6) is 0 Å². The lowest BCUT2D eigenvalue weighted by molar-refractivity contribution is -0.348. The van der Waals surface area contributed by atoms with E-state index in [9.17, 15) is 53.8 Å². The van der Waals surface area contributed by atoms with Crippen LogP contribution in [-0.4, -0.2) is 68.5 Å². The molecule has 2 aromatic rings. The van der Waals surface area contributed by atoms with Crippen molar-refractivity contribution in [2.24, 2.45) is 11.8 Å². The minimum absolute atomic E-state index is 0.0599. The first-order valence-corrected chi connectivity index (χ1v) is 16.4. The second-order valence-electron chi connectivity index (χ2n) is 12.9. The summed E-state index contributed by atoms with van der Waals surface area (Å²) in [5, 5.41) is 10.3. The number of hydrogen-bond acceptors (Lipinski definition) is 6.